The first-order chi connectivity index (χ1) is 10.6. The van der Waals surface area contributed by atoms with Gasteiger partial charge in [0.2, 0.25) is 0 Å². The van der Waals surface area contributed by atoms with Crippen LogP contribution in [0.15, 0.2) is 47.9 Å². The third-order valence-corrected chi connectivity index (χ3v) is 4.51. The van der Waals surface area contributed by atoms with Crippen LogP contribution in [0.5, 0.6) is 0 Å². The van der Waals surface area contributed by atoms with Crippen LogP contribution in [0, 0.1) is 5.92 Å². The fourth-order valence-electron chi connectivity index (χ4n) is 2.01. The number of rotatable bonds is 7. The van der Waals surface area contributed by atoms with Gasteiger partial charge in [0.15, 0.2) is 5.16 Å². The van der Waals surface area contributed by atoms with E-state index in [1.807, 2.05) is 6.92 Å². The summed E-state index contributed by atoms with van der Waals surface area (Å²) in [5.74, 6) is 0.0907. The first-order valence-electron chi connectivity index (χ1n) is 7.07. The predicted octanol–water partition coefficient (Wildman–Crippen LogP) is 1.79. The molecule has 2 aromatic rings. The molecule has 3 N–H and O–H groups in total. The topological polar surface area (TPSA) is 86.5 Å². The number of thioether (sulfide) groups is 1. The summed E-state index contributed by atoms with van der Waals surface area (Å²) in [5, 5.41) is 30.2. The van der Waals surface area contributed by atoms with Crippen molar-refractivity contribution >= 4 is 11.8 Å². The summed E-state index contributed by atoms with van der Waals surface area (Å²) in [7, 11) is 0. The van der Waals surface area contributed by atoms with Crippen molar-refractivity contribution in [2.24, 2.45) is 5.92 Å². The fourth-order valence-corrected chi connectivity index (χ4v) is 2.90. The average molecular weight is 320 g/mol. The van der Waals surface area contributed by atoms with Crippen molar-refractivity contribution in [3.05, 3.63) is 53.9 Å². The van der Waals surface area contributed by atoms with E-state index in [0.717, 1.165) is 11.1 Å². The summed E-state index contributed by atoms with van der Waals surface area (Å²) in [6.07, 6.45) is 1.87. The Bertz CT molecular complexity index is 565. The van der Waals surface area contributed by atoms with E-state index in [9.17, 15) is 10.2 Å². The van der Waals surface area contributed by atoms with Crippen LogP contribution in [0.2, 0.25) is 0 Å². The predicted molar refractivity (Wildman–Crippen MR) is 85.3 cm³/mol. The third kappa shape index (κ3) is 4.51. The van der Waals surface area contributed by atoms with Gasteiger partial charge in [-0.1, -0.05) is 43.0 Å². The number of hydrogen-bond acceptors (Lipinski definition) is 6. The van der Waals surface area contributed by atoms with Crippen LogP contribution in [-0.4, -0.2) is 37.1 Å². The van der Waals surface area contributed by atoms with Crippen LogP contribution in [0.4, 0.5) is 0 Å². The average Bonchev–Trinajstić information content (AvgIpc) is 2.59. The highest BCUT2D eigenvalue weighted by Gasteiger charge is 2.24. The fraction of sp³-hybridized carbons (Fsp3) is 0.375. The second-order valence-electron chi connectivity index (χ2n) is 5.11. The van der Waals surface area contributed by atoms with E-state index in [1.165, 1.54) is 11.8 Å². The highest BCUT2D eigenvalue weighted by atomic mass is 32.2. The van der Waals surface area contributed by atoms with Crippen LogP contribution in [0.1, 0.15) is 24.2 Å². The van der Waals surface area contributed by atoms with E-state index >= 15 is 0 Å². The molecule has 0 aliphatic rings. The molecule has 3 atom stereocenters. The lowest BCUT2D eigenvalue weighted by Crippen LogP contribution is -2.26. The molecular weight excluding hydrogens is 300 g/mol. The van der Waals surface area contributed by atoms with Gasteiger partial charge in [0.1, 0.15) is 0 Å². The highest BCUT2D eigenvalue weighted by Crippen LogP contribution is 2.27. The molecule has 0 amide bonds. The molecule has 22 heavy (non-hydrogen) atoms. The summed E-state index contributed by atoms with van der Waals surface area (Å²) in [6.45, 7) is 1.78. The molecule has 0 spiro atoms. The molecule has 5 nitrogen and oxygen atoms in total. The number of aliphatic hydroxyl groups is 3. The Morgan fingerprint density at radius 3 is 2.32 bits per heavy atom. The Balaban J connectivity index is 1.92. The van der Waals surface area contributed by atoms with Crippen molar-refractivity contribution in [1.29, 1.82) is 0 Å². The SMILES string of the molecule is CC(C(O)CSc1ncccn1)C(O)c1ccc(CO)cc1. The van der Waals surface area contributed by atoms with Crippen molar-refractivity contribution in [3.8, 4) is 0 Å². The van der Waals surface area contributed by atoms with E-state index in [2.05, 4.69) is 9.97 Å². The number of benzene rings is 1. The van der Waals surface area contributed by atoms with E-state index < -0.39 is 12.2 Å². The van der Waals surface area contributed by atoms with Crippen molar-refractivity contribution in [2.75, 3.05) is 5.75 Å². The normalized spacial score (nSPS) is 15.3. The molecule has 0 saturated heterocycles. The highest BCUT2D eigenvalue weighted by molar-refractivity contribution is 7.99. The van der Waals surface area contributed by atoms with Gasteiger partial charge in [0, 0.05) is 24.1 Å². The van der Waals surface area contributed by atoms with Crippen LogP contribution in [-0.2, 0) is 6.61 Å². The molecule has 0 aliphatic carbocycles. The molecule has 0 bridgehead atoms. The first-order valence-corrected chi connectivity index (χ1v) is 8.06. The minimum atomic E-state index is -0.764. The number of aliphatic hydroxyl groups excluding tert-OH is 3. The molecule has 1 heterocycles. The van der Waals surface area contributed by atoms with Crippen molar-refractivity contribution in [3.63, 3.8) is 0 Å². The zero-order valence-corrected chi connectivity index (χ0v) is 13.1. The molecule has 1 aromatic heterocycles. The van der Waals surface area contributed by atoms with Crippen LogP contribution >= 0.6 is 11.8 Å². The van der Waals surface area contributed by atoms with Gasteiger partial charge >= 0.3 is 0 Å². The minimum absolute atomic E-state index is 0.0255. The maximum absolute atomic E-state index is 10.4. The molecular formula is C16H20N2O3S. The molecule has 6 heteroatoms. The molecule has 3 unspecified atom stereocenters. The summed E-state index contributed by atoms with van der Waals surface area (Å²) < 4.78 is 0. The van der Waals surface area contributed by atoms with E-state index in [4.69, 9.17) is 5.11 Å². The van der Waals surface area contributed by atoms with Crippen LogP contribution in [0.3, 0.4) is 0 Å². The Morgan fingerprint density at radius 1 is 1.09 bits per heavy atom. The first kappa shape index (κ1) is 16.9. The van der Waals surface area contributed by atoms with E-state index in [1.54, 1.807) is 42.7 Å². The summed E-state index contributed by atoms with van der Waals surface area (Å²) >= 11 is 1.36. The number of hydrogen-bond donors (Lipinski definition) is 3. The standard InChI is InChI=1S/C16H20N2O3S/c1-11(14(20)10-22-16-17-7-2-8-18-16)15(21)13-5-3-12(9-19)4-6-13/h2-8,11,14-15,19-21H,9-10H2,1H3. The quantitative estimate of drug-likeness (QED) is 0.533. The van der Waals surface area contributed by atoms with Gasteiger partial charge in [0.05, 0.1) is 18.8 Å². The molecule has 0 radical (unpaired) electrons. The molecule has 2 rings (SSSR count). The third-order valence-electron chi connectivity index (χ3n) is 3.53. The second-order valence-corrected chi connectivity index (χ2v) is 6.10. The van der Waals surface area contributed by atoms with Crippen LogP contribution < -0.4 is 0 Å². The summed E-state index contributed by atoms with van der Waals surface area (Å²) in [5.41, 5.74) is 1.52. The Morgan fingerprint density at radius 2 is 1.73 bits per heavy atom. The van der Waals surface area contributed by atoms with Crippen LogP contribution in [0.25, 0.3) is 0 Å². The Hall–Kier alpha value is -1.47. The van der Waals surface area contributed by atoms with Crippen molar-refractivity contribution in [1.82, 2.24) is 9.97 Å². The molecule has 0 saturated carbocycles. The van der Waals surface area contributed by atoms with E-state index in [-0.39, 0.29) is 12.5 Å². The summed E-state index contributed by atoms with van der Waals surface area (Å²) in [4.78, 5) is 8.17. The number of aromatic nitrogens is 2. The lowest BCUT2D eigenvalue weighted by atomic mass is 9.93. The monoisotopic (exact) mass is 320 g/mol. The lowest BCUT2D eigenvalue weighted by Gasteiger charge is -2.24. The van der Waals surface area contributed by atoms with Gasteiger partial charge < -0.3 is 15.3 Å². The van der Waals surface area contributed by atoms with Crippen molar-refractivity contribution in [2.45, 2.75) is 30.9 Å². The molecule has 0 aliphatic heterocycles. The van der Waals surface area contributed by atoms with Gasteiger partial charge in [0.25, 0.3) is 0 Å². The van der Waals surface area contributed by atoms with E-state index in [0.29, 0.717) is 10.9 Å². The van der Waals surface area contributed by atoms with Gasteiger partial charge in [-0.3, -0.25) is 0 Å². The maximum atomic E-state index is 10.4. The molecule has 1 aromatic carbocycles. The van der Waals surface area contributed by atoms with Gasteiger partial charge in [-0.05, 0) is 17.2 Å². The summed E-state index contributed by atoms with van der Waals surface area (Å²) in [6, 6.07) is 8.82. The second kappa shape index (κ2) is 8.24. The van der Waals surface area contributed by atoms with Gasteiger partial charge in [-0.15, -0.1) is 0 Å². The minimum Gasteiger partial charge on any atom is -0.392 e. The zero-order chi connectivity index (χ0) is 15.9. The lowest BCUT2D eigenvalue weighted by molar-refractivity contribution is 0.0330. The largest absolute Gasteiger partial charge is 0.392 e. The maximum Gasteiger partial charge on any atom is 0.187 e. The van der Waals surface area contributed by atoms with Gasteiger partial charge in [-0.25, -0.2) is 9.97 Å². The Labute approximate surface area is 134 Å². The smallest absolute Gasteiger partial charge is 0.187 e. The van der Waals surface area contributed by atoms with Crippen molar-refractivity contribution < 1.29 is 15.3 Å². The molecule has 118 valence electrons. The van der Waals surface area contributed by atoms with Gasteiger partial charge in [-0.2, -0.15) is 0 Å². The Kier molecular flexibility index (Phi) is 6.33. The molecule has 0 fully saturated rings. The zero-order valence-electron chi connectivity index (χ0n) is 12.3. The number of nitrogens with zero attached hydrogens (tertiary/aromatic N) is 2.